The average molecular weight is 332 g/mol. The van der Waals surface area contributed by atoms with Gasteiger partial charge in [0.15, 0.2) is 0 Å². The van der Waals surface area contributed by atoms with E-state index >= 15 is 0 Å². The van der Waals surface area contributed by atoms with E-state index in [1.54, 1.807) is 5.51 Å². The Labute approximate surface area is 139 Å². The van der Waals surface area contributed by atoms with Crippen LogP contribution in [0.5, 0.6) is 6.01 Å². The second-order valence-electron chi connectivity index (χ2n) is 5.83. The van der Waals surface area contributed by atoms with Gasteiger partial charge in [-0.3, -0.25) is 4.79 Å². The number of ether oxygens (including phenoxy) is 1. The van der Waals surface area contributed by atoms with E-state index in [0.29, 0.717) is 17.4 Å². The van der Waals surface area contributed by atoms with Crippen molar-refractivity contribution in [1.82, 2.24) is 19.9 Å². The van der Waals surface area contributed by atoms with Gasteiger partial charge in [0.25, 0.3) is 5.91 Å². The summed E-state index contributed by atoms with van der Waals surface area (Å²) in [5.41, 5.74) is 4.28. The topological polar surface area (TPSA) is 68.2 Å². The van der Waals surface area contributed by atoms with Crippen molar-refractivity contribution in [3.05, 3.63) is 33.5 Å². The van der Waals surface area contributed by atoms with E-state index in [9.17, 15) is 4.79 Å². The number of aromatic nitrogens is 3. The molecule has 1 unspecified atom stereocenters. The molecular weight excluding hydrogens is 312 g/mol. The van der Waals surface area contributed by atoms with Crippen LogP contribution in [0.25, 0.3) is 0 Å². The maximum absolute atomic E-state index is 12.6. The third-order valence-corrected chi connectivity index (χ3v) is 4.76. The Kier molecular flexibility index (Phi) is 4.56. The summed E-state index contributed by atoms with van der Waals surface area (Å²) < 4.78 is 5.92. The molecule has 1 atom stereocenters. The lowest BCUT2D eigenvalue weighted by atomic mass is 10.1. The first-order valence-electron chi connectivity index (χ1n) is 7.71. The normalized spacial score (nSPS) is 18.0. The van der Waals surface area contributed by atoms with Crippen LogP contribution in [-0.2, 0) is 0 Å². The van der Waals surface area contributed by atoms with Gasteiger partial charge in [0.1, 0.15) is 11.0 Å². The first-order valence-corrected chi connectivity index (χ1v) is 8.59. The molecule has 1 fully saturated rings. The fourth-order valence-electron chi connectivity index (χ4n) is 2.76. The van der Waals surface area contributed by atoms with E-state index < -0.39 is 0 Å². The highest BCUT2D eigenvalue weighted by Gasteiger charge is 2.27. The summed E-state index contributed by atoms with van der Waals surface area (Å²) >= 11 is 1.39. The van der Waals surface area contributed by atoms with E-state index in [1.807, 2.05) is 31.7 Å². The van der Waals surface area contributed by atoms with Gasteiger partial charge in [0.2, 0.25) is 0 Å². The molecule has 0 N–H and O–H groups in total. The minimum atomic E-state index is -0.0675. The minimum Gasteiger partial charge on any atom is -0.458 e. The van der Waals surface area contributed by atoms with Crippen LogP contribution in [-0.4, -0.2) is 45.0 Å². The molecule has 0 saturated carbocycles. The number of thiazole rings is 1. The molecule has 2 aromatic rings. The molecule has 1 aliphatic rings. The summed E-state index contributed by atoms with van der Waals surface area (Å²) in [7, 11) is 0. The van der Waals surface area contributed by atoms with Gasteiger partial charge in [-0.25, -0.2) is 15.0 Å². The smallest absolute Gasteiger partial charge is 0.317 e. The number of rotatable bonds is 3. The molecule has 0 radical (unpaired) electrons. The molecule has 23 heavy (non-hydrogen) atoms. The van der Waals surface area contributed by atoms with Gasteiger partial charge in [-0.05, 0) is 39.7 Å². The predicted molar refractivity (Wildman–Crippen MR) is 87.9 cm³/mol. The standard InChI is InChI=1S/C16H20N4O2S/c1-10-7-11(2)19-16(18-10)22-13-5-4-6-20(8-13)15(21)14-12(3)17-9-23-14/h7,9,13H,4-6,8H2,1-3H3. The van der Waals surface area contributed by atoms with E-state index in [2.05, 4.69) is 15.0 Å². The van der Waals surface area contributed by atoms with Crippen LogP contribution in [0, 0.1) is 20.8 Å². The number of likely N-dealkylation sites (tertiary alicyclic amines) is 1. The highest BCUT2D eigenvalue weighted by atomic mass is 32.1. The fraction of sp³-hybridized carbons (Fsp3) is 0.500. The third kappa shape index (κ3) is 3.67. The molecule has 1 amide bonds. The summed E-state index contributed by atoms with van der Waals surface area (Å²) in [6, 6.07) is 2.31. The lowest BCUT2D eigenvalue weighted by Crippen LogP contribution is -2.44. The predicted octanol–water partition coefficient (Wildman–Crippen LogP) is 2.54. The van der Waals surface area contributed by atoms with Crippen LogP contribution in [0.15, 0.2) is 11.6 Å². The zero-order valence-electron chi connectivity index (χ0n) is 13.6. The van der Waals surface area contributed by atoms with Gasteiger partial charge in [0, 0.05) is 17.9 Å². The van der Waals surface area contributed by atoms with E-state index in [4.69, 9.17) is 4.74 Å². The van der Waals surface area contributed by atoms with Crippen LogP contribution < -0.4 is 4.74 Å². The lowest BCUT2D eigenvalue weighted by molar-refractivity contribution is 0.0518. The number of aryl methyl sites for hydroxylation is 3. The quantitative estimate of drug-likeness (QED) is 0.864. The Balaban J connectivity index is 1.68. The summed E-state index contributed by atoms with van der Waals surface area (Å²) in [5.74, 6) is 0.0413. The van der Waals surface area contributed by atoms with E-state index in [0.717, 1.165) is 36.5 Å². The number of carbonyl (C=O) groups excluding carboxylic acids is 1. The zero-order chi connectivity index (χ0) is 16.4. The fourth-order valence-corrected chi connectivity index (χ4v) is 3.53. The van der Waals surface area contributed by atoms with Crippen molar-refractivity contribution < 1.29 is 9.53 Å². The van der Waals surface area contributed by atoms with Gasteiger partial charge in [0.05, 0.1) is 17.7 Å². The van der Waals surface area contributed by atoms with Crippen LogP contribution in [0.2, 0.25) is 0 Å². The Bertz CT molecular complexity index is 696. The highest BCUT2D eigenvalue weighted by molar-refractivity contribution is 7.11. The first kappa shape index (κ1) is 15.9. The summed E-state index contributed by atoms with van der Waals surface area (Å²) in [4.78, 5) is 28.0. The third-order valence-electron chi connectivity index (χ3n) is 3.84. The SMILES string of the molecule is Cc1cc(C)nc(OC2CCCN(C(=O)c3scnc3C)C2)n1. The average Bonchev–Trinajstić information content (AvgIpc) is 2.92. The van der Waals surface area contributed by atoms with Crippen molar-refractivity contribution >= 4 is 17.2 Å². The van der Waals surface area contributed by atoms with Crippen molar-refractivity contribution in [2.24, 2.45) is 0 Å². The van der Waals surface area contributed by atoms with Crippen LogP contribution in [0.1, 0.15) is 39.6 Å². The summed E-state index contributed by atoms with van der Waals surface area (Å²) in [6.07, 6.45) is 1.75. The van der Waals surface area contributed by atoms with Gasteiger partial charge in [-0.2, -0.15) is 0 Å². The van der Waals surface area contributed by atoms with Gasteiger partial charge in [-0.1, -0.05) is 0 Å². The molecular formula is C16H20N4O2S. The van der Waals surface area contributed by atoms with Crippen molar-refractivity contribution in [3.8, 4) is 6.01 Å². The number of amides is 1. The summed E-state index contributed by atoms with van der Waals surface area (Å²) in [6.45, 7) is 7.02. The number of nitrogens with zero attached hydrogens (tertiary/aromatic N) is 4. The maximum atomic E-state index is 12.6. The van der Waals surface area contributed by atoms with Crippen molar-refractivity contribution in [2.75, 3.05) is 13.1 Å². The van der Waals surface area contributed by atoms with Crippen molar-refractivity contribution in [3.63, 3.8) is 0 Å². The molecule has 3 rings (SSSR count). The molecule has 122 valence electrons. The Morgan fingerprint density at radius 2 is 2.04 bits per heavy atom. The number of piperidine rings is 1. The summed E-state index contributed by atoms with van der Waals surface area (Å²) in [5, 5.41) is 0. The van der Waals surface area contributed by atoms with Gasteiger partial charge in [-0.15, -0.1) is 11.3 Å². The number of hydrogen-bond donors (Lipinski definition) is 0. The molecule has 7 heteroatoms. The van der Waals surface area contributed by atoms with Crippen molar-refractivity contribution in [1.29, 1.82) is 0 Å². The monoisotopic (exact) mass is 332 g/mol. The van der Waals surface area contributed by atoms with Gasteiger partial charge >= 0.3 is 6.01 Å². The minimum absolute atomic E-state index is 0.0413. The largest absolute Gasteiger partial charge is 0.458 e. The molecule has 6 nitrogen and oxygen atoms in total. The molecule has 3 heterocycles. The first-order chi connectivity index (χ1) is 11.0. The molecule has 2 aromatic heterocycles. The van der Waals surface area contributed by atoms with Crippen LogP contribution >= 0.6 is 11.3 Å². The lowest BCUT2D eigenvalue weighted by Gasteiger charge is -2.32. The molecule has 1 aliphatic heterocycles. The molecule has 0 aromatic carbocycles. The van der Waals surface area contributed by atoms with E-state index in [1.165, 1.54) is 11.3 Å². The second-order valence-corrected chi connectivity index (χ2v) is 6.69. The van der Waals surface area contributed by atoms with Crippen molar-refractivity contribution in [2.45, 2.75) is 39.7 Å². The number of hydrogen-bond acceptors (Lipinski definition) is 6. The van der Waals surface area contributed by atoms with Crippen LogP contribution in [0.3, 0.4) is 0 Å². The molecule has 0 bridgehead atoms. The maximum Gasteiger partial charge on any atom is 0.317 e. The molecule has 1 saturated heterocycles. The molecule has 0 spiro atoms. The molecule has 0 aliphatic carbocycles. The Morgan fingerprint density at radius 1 is 1.30 bits per heavy atom. The Morgan fingerprint density at radius 3 is 2.70 bits per heavy atom. The second kappa shape index (κ2) is 6.62. The zero-order valence-corrected chi connectivity index (χ0v) is 14.4. The highest BCUT2D eigenvalue weighted by Crippen LogP contribution is 2.21. The van der Waals surface area contributed by atoms with E-state index in [-0.39, 0.29) is 12.0 Å². The number of carbonyl (C=O) groups is 1. The van der Waals surface area contributed by atoms with Crippen LogP contribution in [0.4, 0.5) is 0 Å². The van der Waals surface area contributed by atoms with Gasteiger partial charge < -0.3 is 9.64 Å². The Hall–Kier alpha value is -2.02.